The fraction of sp³-hybridized carbons (Fsp3) is 0.600. The molecule has 0 amide bonds. The van der Waals surface area contributed by atoms with E-state index in [4.69, 9.17) is 10.5 Å². The maximum absolute atomic E-state index is 11.3. The van der Waals surface area contributed by atoms with E-state index in [0.717, 1.165) is 12.8 Å². The lowest BCUT2D eigenvalue weighted by Crippen LogP contribution is -2.20. The predicted molar refractivity (Wildman–Crippen MR) is 57.4 cm³/mol. The molecule has 1 atom stereocenters. The first-order chi connectivity index (χ1) is 7.17. The lowest BCUT2D eigenvalue weighted by molar-refractivity contribution is 0.181. The summed E-state index contributed by atoms with van der Waals surface area (Å²) in [5, 5.41) is 0. The minimum Gasteiger partial charge on any atom is -0.378 e. The molecule has 1 rings (SSSR count). The molecule has 0 bridgehead atoms. The predicted octanol–water partition coefficient (Wildman–Crippen LogP) is 0.716. The number of hydrogen-bond acceptors (Lipinski definition) is 4. The minimum absolute atomic E-state index is 0.182. The van der Waals surface area contributed by atoms with Crippen molar-refractivity contribution in [3.05, 3.63) is 27.9 Å². The average Bonchev–Trinajstić information content (AvgIpc) is 2.17. The molecule has 0 aromatic carbocycles. The van der Waals surface area contributed by atoms with Crippen LogP contribution >= 0.6 is 0 Å². The van der Waals surface area contributed by atoms with Crippen LogP contribution in [0.1, 0.15) is 37.3 Å². The highest BCUT2D eigenvalue weighted by Gasteiger charge is 2.09. The molecule has 0 aliphatic rings. The molecule has 1 heterocycles. The third-order valence-corrected chi connectivity index (χ3v) is 2.06. The summed E-state index contributed by atoms with van der Waals surface area (Å²) in [4.78, 5) is 18.2. The highest BCUT2D eigenvalue weighted by Crippen LogP contribution is 2.09. The third kappa shape index (κ3) is 3.45. The van der Waals surface area contributed by atoms with E-state index < -0.39 is 0 Å². The van der Waals surface area contributed by atoms with Gasteiger partial charge >= 0.3 is 0 Å². The Labute approximate surface area is 88.7 Å². The van der Waals surface area contributed by atoms with Crippen molar-refractivity contribution in [2.75, 3.05) is 7.11 Å². The number of rotatable bonds is 5. The summed E-state index contributed by atoms with van der Waals surface area (Å²) < 4.78 is 4.92. The van der Waals surface area contributed by atoms with Crippen LogP contribution in [0, 0.1) is 0 Å². The van der Waals surface area contributed by atoms with Crippen LogP contribution in [-0.2, 0) is 11.3 Å². The SMILES string of the molecule is CCCC(N)c1nc(COC)cc(=O)[nH]1. The van der Waals surface area contributed by atoms with Gasteiger partial charge in [-0.25, -0.2) is 4.98 Å². The van der Waals surface area contributed by atoms with E-state index >= 15 is 0 Å². The molecule has 5 nitrogen and oxygen atoms in total. The lowest BCUT2D eigenvalue weighted by Gasteiger charge is -2.10. The maximum Gasteiger partial charge on any atom is 0.251 e. The van der Waals surface area contributed by atoms with Crippen LogP contribution < -0.4 is 11.3 Å². The van der Waals surface area contributed by atoms with Crippen LogP contribution in [0.3, 0.4) is 0 Å². The van der Waals surface area contributed by atoms with Crippen molar-refractivity contribution in [2.24, 2.45) is 5.73 Å². The minimum atomic E-state index is -0.209. The number of H-pyrrole nitrogens is 1. The number of nitrogens with one attached hydrogen (secondary N) is 1. The first-order valence-corrected chi connectivity index (χ1v) is 5.02. The molecule has 0 spiro atoms. The fourth-order valence-corrected chi connectivity index (χ4v) is 1.37. The topological polar surface area (TPSA) is 81.0 Å². The summed E-state index contributed by atoms with van der Waals surface area (Å²) >= 11 is 0. The van der Waals surface area contributed by atoms with E-state index in [1.54, 1.807) is 7.11 Å². The van der Waals surface area contributed by atoms with E-state index in [1.807, 2.05) is 6.92 Å². The molecule has 5 heteroatoms. The molecule has 0 fully saturated rings. The van der Waals surface area contributed by atoms with Crippen LogP contribution in [0.2, 0.25) is 0 Å². The highest BCUT2D eigenvalue weighted by atomic mass is 16.5. The van der Waals surface area contributed by atoms with Gasteiger partial charge in [-0.05, 0) is 6.42 Å². The summed E-state index contributed by atoms with van der Waals surface area (Å²) in [6, 6.07) is 1.21. The second-order valence-corrected chi connectivity index (χ2v) is 3.45. The molecule has 1 unspecified atom stereocenters. The van der Waals surface area contributed by atoms with Crippen molar-refractivity contribution >= 4 is 0 Å². The quantitative estimate of drug-likeness (QED) is 0.751. The van der Waals surface area contributed by atoms with Gasteiger partial charge in [0.05, 0.1) is 18.3 Å². The van der Waals surface area contributed by atoms with Gasteiger partial charge in [0.25, 0.3) is 5.56 Å². The van der Waals surface area contributed by atoms with Gasteiger partial charge in [0.2, 0.25) is 0 Å². The summed E-state index contributed by atoms with van der Waals surface area (Å²) in [5.74, 6) is 0.538. The number of methoxy groups -OCH3 is 1. The zero-order valence-corrected chi connectivity index (χ0v) is 9.12. The lowest BCUT2D eigenvalue weighted by atomic mass is 10.1. The van der Waals surface area contributed by atoms with Crippen molar-refractivity contribution in [1.82, 2.24) is 9.97 Å². The standard InChI is InChI=1S/C10H17N3O2/c1-3-4-8(11)10-12-7(6-15-2)5-9(14)13-10/h5,8H,3-4,6,11H2,1-2H3,(H,12,13,14). The molecule has 0 saturated heterocycles. The Morgan fingerprint density at radius 1 is 1.67 bits per heavy atom. The van der Waals surface area contributed by atoms with Crippen molar-refractivity contribution in [3.63, 3.8) is 0 Å². The van der Waals surface area contributed by atoms with Crippen molar-refractivity contribution in [1.29, 1.82) is 0 Å². The first-order valence-electron chi connectivity index (χ1n) is 5.02. The van der Waals surface area contributed by atoms with E-state index in [9.17, 15) is 4.79 Å². The normalized spacial score (nSPS) is 12.7. The van der Waals surface area contributed by atoms with Gasteiger partial charge in [0.1, 0.15) is 5.82 Å². The molecular weight excluding hydrogens is 194 g/mol. The zero-order chi connectivity index (χ0) is 11.3. The summed E-state index contributed by atoms with van der Waals surface area (Å²) in [5.41, 5.74) is 6.30. The zero-order valence-electron chi connectivity index (χ0n) is 9.12. The number of nitrogens with zero attached hydrogens (tertiary/aromatic N) is 1. The van der Waals surface area contributed by atoms with Crippen molar-refractivity contribution < 1.29 is 4.74 Å². The maximum atomic E-state index is 11.3. The Bertz CT molecular complexity index is 362. The van der Waals surface area contributed by atoms with Gasteiger partial charge in [0.15, 0.2) is 0 Å². The first kappa shape index (κ1) is 11.9. The van der Waals surface area contributed by atoms with E-state index in [2.05, 4.69) is 9.97 Å². The largest absolute Gasteiger partial charge is 0.378 e. The summed E-state index contributed by atoms with van der Waals surface area (Å²) in [6.07, 6.45) is 1.76. The second kappa shape index (κ2) is 5.63. The van der Waals surface area contributed by atoms with Gasteiger partial charge in [-0.3, -0.25) is 4.79 Å². The third-order valence-electron chi connectivity index (χ3n) is 2.06. The van der Waals surface area contributed by atoms with Crippen LogP contribution in [0.4, 0.5) is 0 Å². The number of aromatic amines is 1. The number of hydrogen-bond donors (Lipinski definition) is 2. The van der Waals surface area contributed by atoms with Crippen LogP contribution in [-0.4, -0.2) is 17.1 Å². The fourth-order valence-electron chi connectivity index (χ4n) is 1.37. The molecule has 1 aromatic rings. The molecular formula is C10H17N3O2. The van der Waals surface area contributed by atoms with Crippen LogP contribution in [0.5, 0.6) is 0 Å². The molecule has 0 aliphatic heterocycles. The van der Waals surface area contributed by atoms with E-state index in [-0.39, 0.29) is 11.6 Å². The van der Waals surface area contributed by atoms with E-state index in [0.29, 0.717) is 18.1 Å². The van der Waals surface area contributed by atoms with Gasteiger partial charge < -0.3 is 15.5 Å². The Balaban J connectivity index is 2.92. The summed E-state index contributed by atoms with van der Waals surface area (Å²) in [7, 11) is 1.56. The molecule has 0 saturated carbocycles. The Morgan fingerprint density at radius 2 is 2.40 bits per heavy atom. The Kier molecular flexibility index (Phi) is 4.45. The molecule has 3 N–H and O–H groups in total. The number of nitrogens with two attached hydrogens (primary N) is 1. The Morgan fingerprint density at radius 3 is 3.00 bits per heavy atom. The Hall–Kier alpha value is -1.20. The molecule has 0 aliphatic carbocycles. The second-order valence-electron chi connectivity index (χ2n) is 3.45. The highest BCUT2D eigenvalue weighted by molar-refractivity contribution is 5.04. The molecule has 84 valence electrons. The number of ether oxygens (including phenoxy) is 1. The van der Waals surface area contributed by atoms with Crippen molar-refractivity contribution in [3.8, 4) is 0 Å². The van der Waals surface area contributed by atoms with Crippen LogP contribution in [0.25, 0.3) is 0 Å². The van der Waals surface area contributed by atoms with Crippen molar-refractivity contribution in [2.45, 2.75) is 32.4 Å². The summed E-state index contributed by atoms with van der Waals surface area (Å²) in [6.45, 7) is 2.37. The van der Waals surface area contributed by atoms with Gasteiger partial charge in [-0.15, -0.1) is 0 Å². The monoisotopic (exact) mass is 211 g/mol. The van der Waals surface area contributed by atoms with Gasteiger partial charge in [-0.1, -0.05) is 13.3 Å². The molecule has 1 aromatic heterocycles. The molecule has 0 radical (unpaired) electrons. The van der Waals surface area contributed by atoms with E-state index in [1.165, 1.54) is 6.07 Å². The molecule has 15 heavy (non-hydrogen) atoms. The average molecular weight is 211 g/mol. The van der Waals surface area contributed by atoms with Crippen LogP contribution in [0.15, 0.2) is 10.9 Å². The number of aromatic nitrogens is 2. The van der Waals surface area contributed by atoms with Gasteiger partial charge in [-0.2, -0.15) is 0 Å². The van der Waals surface area contributed by atoms with Gasteiger partial charge in [0, 0.05) is 13.2 Å². The smallest absolute Gasteiger partial charge is 0.251 e.